The van der Waals surface area contributed by atoms with E-state index in [-0.39, 0.29) is 0 Å². The van der Waals surface area contributed by atoms with Crippen molar-refractivity contribution in [2.24, 2.45) is 0 Å². The Morgan fingerprint density at radius 3 is 2.86 bits per heavy atom. The van der Waals surface area contributed by atoms with Crippen molar-refractivity contribution in [1.82, 2.24) is 10.2 Å². The lowest BCUT2D eigenvalue weighted by atomic mass is 10.1. The first-order chi connectivity index (χ1) is 10.3. The molecular formula is C15H21N3OS2. The molecule has 1 atom stereocenters. The second kappa shape index (κ2) is 9.02. The Labute approximate surface area is 134 Å². The Bertz CT molecular complexity index is 519. The largest absolute Gasteiger partial charge is 0.383 e. The van der Waals surface area contributed by atoms with Crippen molar-refractivity contribution in [3.05, 3.63) is 35.9 Å². The van der Waals surface area contributed by atoms with E-state index in [0.717, 1.165) is 28.9 Å². The summed E-state index contributed by atoms with van der Waals surface area (Å²) < 4.78 is 6.02. The molecular weight excluding hydrogens is 302 g/mol. The second-order valence-electron chi connectivity index (χ2n) is 4.75. The third kappa shape index (κ3) is 6.03. The molecule has 0 radical (unpaired) electrons. The van der Waals surface area contributed by atoms with E-state index in [1.807, 2.05) is 0 Å². The van der Waals surface area contributed by atoms with E-state index in [2.05, 4.69) is 52.8 Å². The fraction of sp³-hybridized carbons (Fsp3) is 0.467. The van der Waals surface area contributed by atoms with Crippen LogP contribution in [-0.2, 0) is 11.2 Å². The Balaban J connectivity index is 1.73. The van der Waals surface area contributed by atoms with Gasteiger partial charge in [-0.15, -0.1) is 10.2 Å². The molecule has 1 aromatic heterocycles. The third-order valence-corrected chi connectivity index (χ3v) is 5.11. The number of aryl methyl sites for hydroxylation is 1. The second-order valence-corrected chi connectivity index (χ2v) is 7.41. The first-order valence-corrected chi connectivity index (χ1v) is 8.74. The number of methoxy groups -OCH3 is 1. The van der Waals surface area contributed by atoms with Crippen LogP contribution in [0.1, 0.15) is 18.9 Å². The van der Waals surface area contributed by atoms with E-state index < -0.39 is 0 Å². The predicted molar refractivity (Wildman–Crippen MR) is 90.4 cm³/mol. The van der Waals surface area contributed by atoms with Crippen molar-refractivity contribution < 1.29 is 4.74 Å². The zero-order chi connectivity index (χ0) is 14.9. The van der Waals surface area contributed by atoms with Crippen molar-refractivity contribution in [2.75, 3.05) is 25.6 Å². The summed E-state index contributed by atoms with van der Waals surface area (Å²) >= 11 is 3.40. The van der Waals surface area contributed by atoms with Gasteiger partial charge in [0, 0.05) is 18.9 Å². The number of ether oxygens (including phenoxy) is 1. The summed E-state index contributed by atoms with van der Waals surface area (Å²) in [5.74, 6) is 0. The highest BCUT2D eigenvalue weighted by molar-refractivity contribution is 8.01. The van der Waals surface area contributed by atoms with Crippen LogP contribution in [0.25, 0.3) is 0 Å². The highest BCUT2D eigenvalue weighted by atomic mass is 32.2. The van der Waals surface area contributed by atoms with Crippen LogP contribution in [0.15, 0.2) is 34.7 Å². The zero-order valence-electron chi connectivity index (χ0n) is 12.4. The Kier molecular flexibility index (Phi) is 6.99. The third-order valence-electron chi connectivity index (χ3n) is 2.97. The minimum Gasteiger partial charge on any atom is -0.383 e. The van der Waals surface area contributed by atoms with Crippen LogP contribution in [0.3, 0.4) is 0 Å². The average molecular weight is 323 g/mol. The maximum absolute atomic E-state index is 5.00. The van der Waals surface area contributed by atoms with Gasteiger partial charge in [0.1, 0.15) is 0 Å². The Morgan fingerprint density at radius 2 is 2.10 bits per heavy atom. The summed E-state index contributed by atoms with van der Waals surface area (Å²) in [4.78, 5) is 0. The summed E-state index contributed by atoms with van der Waals surface area (Å²) in [6.45, 7) is 3.68. The first-order valence-electron chi connectivity index (χ1n) is 7.05. The molecule has 21 heavy (non-hydrogen) atoms. The van der Waals surface area contributed by atoms with E-state index in [4.69, 9.17) is 4.74 Å². The lowest BCUT2D eigenvalue weighted by molar-refractivity contribution is 0.211. The van der Waals surface area contributed by atoms with Gasteiger partial charge in [-0.3, -0.25) is 0 Å². The van der Waals surface area contributed by atoms with Crippen LogP contribution in [0, 0.1) is 0 Å². The monoisotopic (exact) mass is 323 g/mol. The number of benzene rings is 1. The molecule has 0 aliphatic carbocycles. The highest BCUT2D eigenvalue weighted by Gasteiger charge is 2.10. The molecule has 2 aromatic rings. The molecule has 0 saturated carbocycles. The van der Waals surface area contributed by atoms with E-state index in [0.29, 0.717) is 11.9 Å². The van der Waals surface area contributed by atoms with E-state index in [9.17, 15) is 0 Å². The van der Waals surface area contributed by atoms with Crippen LogP contribution in [0.4, 0.5) is 5.13 Å². The van der Waals surface area contributed by atoms with Crippen molar-refractivity contribution in [1.29, 1.82) is 0 Å². The van der Waals surface area contributed by atoms with Gasteiger partial charge in [0.05, 0.1) is 6.61 Å². The zero-order valence-corrected chi connectivity index (χ0v) is 14.0. The van der Waals surface area contributed by atoms with Gasteiger partial charge in [0.25, 0.3) is 0 Å². The van der Waals surface area contributed by atoms with Gasteiger partial charge in [-0.2, -0.15) is 0 Å². The van der Waals surface area contributed by atoms with Gasteiger partial charge < -0.3 is 10.1 Å². The fourth-order valence-electron chi connectivity index (χ4n) is 1.83. The minimum absolute atomic E-state index is 0.532. The number of hydrogen-bond acceptors (Lipinski definition) is 6. The van der Waals surface area contributed by atoms with Gasteiger partial charge in [0.15, 0.2) is 4.34 Å². The average Bonchev–Trinajstić information content (AvgIpc) is 2.94. The molecule has 114 valence electrons. The van der Waals surface area contributed by atoms with Crippen molar-refractivity contribution in [3.63, 3.8) is 0 Å². The van der Waals surface area contributed by atoms with E-state index in [1.54, 1.807) is 30.2 Å². The quantitative estimate of drug-likeness (QED) is 0.563. The van der Waals surface area contributed by atoms with E-state index >= 15 is 0 Å². The van der Waals surface area contributed by atoms with Crippen molar-refractivity contribution in [2.45, 2.75) is 29.4 Å². The maximum atomic E-state index is 5.00. The normalized spacial score (nSPS) is 12.3. The molecule has 0 spiro atoms. The van der Waals surface area contributed by atoms with Crippen LogP contribution in [-0.4, -0.2) is 35.7 Å². The molecule has 0 amide bonds. The van der Waals surface area contributed by atoms with Gasteiger partial charge in [-0.25, -0.2) is 0 Å². The maximum Gasteiger partial charge on any atom is 0.206 e. The van der Waals surface area contributed by atoms with Gasteiger partial charge >= 0.3 is 0 Å². The molecule has 1 unspecified atom stereocenters. The molecule has 0 fully saturated rings. The number of nitrogens with one attached hydrogen (secondary N) is 1. The van der Waals surface area contributed by atoms with Crippen LogP contribution in [0.2, 0.25) is 0 Å². The number of aromatic nitrogens is 2. The van der Waals surface area contributed by atoms with Gasteiger partial charge in [-0.05, 0) is 18.4 Å². The molecule has 6 heteroatoms. The summed E-state index contributed by atoms with van der Waals surface area (Å²) in [7, 11) is 1.69. The first kappa shape index (κ1) is 16.3. The van der Waals surface area contributed by atoms with E-state index in [1.165, 1.54) is 5.56 Å². The topological polar surface area (TPSA) is 47.0 Å². The number of nitrogens with zero attached hydrogens (tertiary/aromatic N) is 2. The molecule has 0 saturated heterocycles. The molecule has 0 aliphatic rings. The molecule has 1 heterocycles. The van der Waals surface area contributed by atoms with Crippen LogP contribution < -0.4 is 5.32 Å². The SMILES string of the molecule is COCCNc1nnc(SC(C)CCc2ccccc2)s1. The summed E-state index contributed by atoms with van der Waals surface area (Å²) in [5.41, 5.74) is 1.39. The van der Waals surface area contributed by atoms with Crippen molar-refractivity contribution >= 4 is 28.2 Å². The number of hydrogen-bond donors (Lipinski definition) is 1. The summed E-state index contributed by atoms with van der Waals surface area (Å²) in [6, 6.07) is 10.6. The minimum atomic E-state index is 0.532. The van der Waals surface area contributed by atoms with Crippen molar-refractivity contribution in [3.8, 4) is 0 Å². The number of thioether (sulfide) groups is 1. The lowest BCUT2D eigenvalue weighted by Crippen LogP contribution is -2.06. The molecule has 1 N–H and O–H groups in total. The molecule has 0 bridgehead atoms. The number of rotatable bonds is 9. The van der Waals surface area contributed by atoms with Gasteiger partial charge in [0.2, 0.25) is 5.13 Å². The smallest absolute Gasteiger partial charge is 0.206 e. The fourth-order valence-corrected chi connectivity index (χ4v) is 3.93. The van der Waals surface area contributed by atoms with Gasteiger partial charge in [-0.1, -0.05) is 60.4 Å². The predicted octanol–water partition coefficient (Wildman–Crippen LogP) is 3.71. The molecule has 0 aliphatic heterocycles. The summed E-state index contributed by atoms with van der Waals surface area (Å²) in [6.07, 6.45) is 2.24. The molecule has 1 aromatic carbocycles. The standard InChI is InChI=1S/C15H21N3OS2/c1-12(8-9-13-6-4-3-5-7-13)20-15-18-17-14(21-15)16-10-11-19-2/h3-7,12H,8-11H2,1-2H3,(H,16,17). The lowest BCUT2D eigenvalue weighted by Gasteiger charge is -2.08. The molecule has 2 rings (SSSR count). The Morgan fingerprint density at radius 1 is 1.29 bits per heavy atom. The van der Waals surface area contributed by atoms with Crippen LogP contribution in [0.5, 0.6) is 0 Å². The Hall–Kier alpha value is -1.11. The van der Waals surface area contributed by atoms with Crippen LogP contribution >= 0.6 is 23.1 Å². The molecule has 4 nitrogen and oxygen atoms in total. The number of anilines is 1. The summed E-state index contributed by atoms with van der Waals surface area (Å²) in [5, 5.41) is 13.0. The highest BCUT2D eigenvalue weighted by Crippen LogP contribution is 2.30.